The van der Waals surface area contributed by atoms with Crippen LogP contribution in [0.15, 0.2) is 64.3 Å². The van der Waals surface area contributed by atoms with E-state index in [9.17, 15) is 9.18 Å². The topological polar surface area (TPSA) is 33.2 Å². The molecule has 0 spiro atoms. The minimum atomic E-state index is -0.263. The van der Waals surface area contributed by atoms with Crippen molar-refractivity contribution in [2.75, 3.05) is 12.8 Å². The van der Waals surface area contributed by atoms with Crippen molar-refractivity contribution in [3.63, 3.8) is 0 Å². The van der Waals surface area contributed by atoms with Gasteiger partial charge in [-0.05, 0) is 29.8 Å². The smallest absolute Gasteiger partial charge is 0.233 e. The van der Waals surface area contributed by atoms with Gasteiger partial charge in [-0.15, -0.1) is 11.3 Å². The molecule has 25 heavy (non-hydrogen) atoms. The maximum atomic E-state index is 13.0. The maximum absolute atomic E-state index is 13.0. The second-order valence-electron chi connectivity index (χ2n) is 5.53. The minimum Gasteiger partial charge on any atom is -0.341 e. The first-order valence-electron chi connectivity index (χ1n) is 7.74. The Labute approximate surface area is 154 Å². The summed E-state index contributed by atoms with van der Waals surface area (Å²) in [6, 6.07) is 16.2. The quantitative estimate of drug-likeness (QED) is 0.588. The number of carbonyl (C=O) groups is 1. The first-order chi connectivity index (χ1) is 12.1. The molecule has 0 radical (unpaired) electrons. The fraction of sp³-hybridized carbons (Fsp3) is 0.158. The van der Waals surface area contributed by atoms with Gasteiger partial charge in [0.1, 0.15) is 5.82 Å². The lowest BCUT2D eigenvalue weighted by Gasteiger charge is -2.16. The van der Waals surface area contributed by atoms with Crippen molar-refractivity contribution in [2.45, 2.75) is 10.9 Å². The van der Waals surface area contributed by atoms with Gasteiger partial charge in [-0.1, -0.05) is 42.1 Å². The summed E-state index contributed by atoms with van der Waals surface area (Å²) in [5.41, 5.74) is 2.78. The molecule has 0 aliphatic rings. The van der Waals surface area contributed by atoms with E-state index in [1.165, 1.54) is 35.2 Å². The van der Waals surface area contributed by atoms with Gasteiger partial charge in [0.25, 0.3) is 0 Å². The van der Waals surface area contributed by atoms with Gasteiger partial charge in [0, 0.05) is 24.5 Å². The number of thiazole rings is 1. The van der Waals surface area contributed by atoms with Crippen molar-refractivity contribution in [1.82, 2.24) is 9.88 Å². The highest BCUT2D eigenvalue weighted by Gasteiger charge is 2.12. The number of thioether (sulfide) groups is 1. The van der Waals surface area contributed by atoms with E-state index in [4.69, 9.17) is 0 Å². The summed E-state index contributed by atoms with van der Waals surface area (Å²) < 4.78 is 13.8. The van der Waals surface area contributed by atoms with Crippen LogP contribution >= 0.6 is 23.1 Å². The number of rotatable bonds is 6. The van der Waals surface area contributed by atoms with Gasteiger partial charge in [0.15, 0.2) is 4.34 Å². The van der Waals surface area contributed by atoms with Crippen LogP contribution in [-0.2, 0) is 11.3 Å². The third kappa shape index (κ3) is 4.90. The average molecular weight is 372 g/mol. The SMILES string of the molecule is CN(Cc1ccccc1)C(=O)CSc1nc(-c2ccc(F)cc2)cs1. The summed E-state index contributed by atoms with van der Waals surface area (Å²) in [5.74, 6) is 0.146. The van der Waals surface area contributed by atoms with E-state index in [0.717, 1.165) is 21.2 Å². The fourth-order valence-corrected chi connectivity index (χ4v) is 4.03. The van der Waals surface area contributed by atoms with E-state index in [2.05, 4.69) is 4.98 Å². The van der Waals surface area contributed by atoms with E-state index in [1.54, 1.807) is 17.0 Å². The lowest BCUT2D eigenvalue weighted by molar-refractivity contribution is -0.127. The Balaban J connectivity index is 1.54. The standard InChI is InChI=1S/C19H17FN2OS2/c1-22(11-14-5-3-2-4-6-14)18(23)13-25-19-21-17(12-24-19)15-7-9-16(20)10-8-15/h2-10,12H,11,13H2,1H3. The molecule has 0 aliphatic carbocycles. The Kier molecular flexibility index (Phi) is 5.83. The number of nitrogens with zero attached hydrogens (tertiary/aromatic N) is 2. The van der Waals surface area contributed by atoms with Crippen molar-refractivity contribution in [3.05, 3.63) is 71.4 Å². The van der Waals surface area contributed by atoms with Gasteiger partial charge in [0.2, 0.25) is 5.91 Å². The van der Waals surface area contributed by atoms with Gasteiger partial charge in [-0.25, -0.2) is 9.37 Å². The first-order valence-corrected chi connectivity index (χ1v) is 9.60. The van der Waals surface area contributed by atoms with Crippen LogP contribution in [0.1, 0.15) is 5.56 Å². The van der Waals surface area contributed by atoms with Gasteiger partial charge in [0.05, 0.1) is 11.4 Å². The van der Waals surface area contributed by atoms with Crippen LogP contribution in [0.5, 0.6) is 0 Å². The highest BCUT2D eigenvalue weighted by molar-refractivity contribution is 8.01. The molecule has 0 saturated heterocycles. The fourth-order valence-electron chi connectivity index (χ4n) is 2.26. The molecule has 3 rings (SSSR count). The number of halogens is 1. The lowest BCUT2D eigenvalue weighted by Crippen LogP contribution is -2.27. The largest absolute Gasteiger partial charge is 0.341 e. The molecule has 1 aromatic heterocycles. The molecular formula is C19H17FN2OS2. The molecule has 2 aromatic carbocycles. The number of carbonyl (C=O) groups excluding carboxylic acids is 1. The van der Waals surface area contributed by atoms with E-state index in [1.807, 2.05) is 42.8 Å². The summed E-state index contributed by atoms with van der Waals surface area (Å²) in [7, 11) is 1.81. The van der Waals surface area contributed by atoms with Crippen LogP contribution in [0.25, 0.3) is 11.3 Å². The van der Waals surface area contributed by atoms with E-state index < -0.39 is 0 Å². The zero-order chi connectivity index (χ0) is 17.6. The molecule has 0 aliphatic heterocycles. The molecule has 1 amide bonds. The molecule has 3 nitrogen and oxygen atoms in total. The Morgan fingerprint density at radius 3 is 2.60 bits per heavy atom. The number of hydrogen-bond donors (Lipinski definition) is 0. The molecule has 3 aromatic rings. The van der Waals surface area contributed by atoms with Gasteiger partial charge >= 0.3 is 0 Å². The third-order valence-electron chi connectivity index (χ3n) is 3.63. The number of hydrogen-bond acceptors (Lipinski definition) is 4. The van der Waals surface area contributed by atoms with E-state index in [-0.39, 0.29) is 11.7 Å². The van der Waals surface area contributed by atoms with Crippen molar-refractivity contribution < 1.29 is 9.18 Å². The van der Waals surface area contributed by atoms with Crippen LogP contribution in [0.4, 0.5) is 4.39 Å². The number of amides is 1. The van der Waals surface area contributed by atoms with E-state index in [0.29, 0.717) is 12.3 Å². The summed E-state index contributed by atoms with van der Waals surface area (Å²) >= 11 is 2.92. The van der Waals surface area contributed by atoms with Crippen LogP contribution in [0, 0.1) is 5.82 Å². The van der Waals surface area contributed by atoms with Crippen LogP contribution in [0.2, 0.25) is 0 Å². The highest BCUT2D eigenvalue weighted by Crippen LogP contribution is 2.28. The molecular weight excluding hydrogens is 355 g/mol. The lowest BCUT2D eigenvalue weighted by atomic mass is 10.2. The number of aromatic nitrogens is 1. The molecule has 0 N–H and O–H groups in total. The van der Waals surface area contributed by atoms with Crippen molar-refractivity contribution in [3.8, 4) is 11.3 Å². The van der Waals surface area contributed by atoms with Crippen molar-refractivity contribution in [2.24, 2.45) is 0 Å². The van der Waals surface area contributed by atoms with Crippen molar-refractivity contribution >= 4 is 29.0 Å². The third-order valence-corrected chi connectivity index (χ3v) is 5.64. The Morgan fingerprint density at radius 2 is 1.88 bits per heavy atom. The minimum absolute atomic E-state index is 0.0624. The van der Waals surface area contributed by atoms with Crippen LogP contribution in [0.3, 0.4) is 0 Å². The van der Waals surface area contributed by atoms with Gasteiger partial charge in [-0.3, -0.25) is 4.79 Å². The molecule has 0 atom stereocenters. The number of benzene rings is 2. The predicted molar refractivity (Wildman–Crippen MR) is 101 cm³/mol. The predicted octanol–water partition coefficient (Wildman–Crippen LogP) is 4.70. The van der Waals surface area contributed by atoms with E-state index >= 15 is 0 Å². The second-order valence-corrected chi connectivity index (χ2v) is 7.61. The normalized spacial score (nSPS) is 10.6. The van der Waals surface area contributed by atoms with Gasteiger partial charge < -0.3 is 4.90 Å². The zero-order valence-corrected chi connectivity index (χ0v) is 15.3. The molecule has 6 heteroatoms. The molecule has 0 fully saturated rings. The summed E-state index contributed by atoms with van der Waals surface area (Å²) in [5, 5.41) is 1.92. The zero-order valence-electron chi connectivity index (χ0n) is 13.7. The van der Waals surface area contributed by atoms with Crippen LogP contribution in [-0.4, -0.2) is 28.6 Å². The van der Waals surface area contributed by atoms with Crippen molar-refractivity contribution in [1.29, 1.82) is 0 Å². The Morgan fingerprint density at radius 1 is 1.16 bits per heavy atom. The average Bonchev–Trinajstić information content (AvgIpc) is 3.10. The second kappa shape index (κ2) is 8.27. The Hall–Kier alpha value is -2.18. The summed E-state index contributed by atoms with van der Waals surface area (Å²) in [6.07, 6.45) is 0. The summed E-state index contributed by atoms with van der Waals surface area (Å²) in [6.45, 7) is 0.596. The molecule has 128 valence electrons. The highest BCUT2D eigenvalue weighted by atomic mass is 32.2. The first kappa shape index (κ1) is 17.6. The van der Waals surface area contributed by atoms with Gasteiger partial charge in [-0.2, -0.15) is 0 Å². The maximum Gasteiger partial charge on any atom is 0.233 e. The molecule has 1 heterocycles. The molecule has 0 unspecified atom stereocenters. The summed E-state index contributed by atoms with van der Waals surface area (Å²) in [4.78, 5) is 18.5. The molecule has 0 bridgehead atoms. The monoisotopic (exact) mass is 372 g/mol. The molecule has 0 saturated carbocycles. The van der Waals surface area contributed by atoms with Crippen LogP contribution < -0.4 is 0 Å². The Bertz CT molecular complexity index is 834.